The van der Waals surface area contributed by atoms with E-state index in [1.54, 1.807) is 6.07 Å². The average molecular weight is 320 g/mol. The Balaban J connectivity index is 1.74. The van der Waals surface area contributed by atoms with E-state index in [9.17, 15) is 4.79 Å². The van der Waals surface area contributed by atoms with Gasteiger partial charge in [0, 0.05) is 17.8 Å². The lowest BCUT2D eigenvalue weighted by atomic mass is 10.1. The predicted octanol–water partition coefficient (Wildman–Crippen LogP) is 4.26. The zero-order valence-corrected chi connectivity index (χ0v) is 12.9. The summed E-state index contributed by atoms with van der Waals surface area (Å²) in [5.74, 6) is 0. The van der Waals surface area contributed by atoms with Gasteiger partial charge in [0.25, 0.3) is 5.56 Å². The molecule has 0 saturated carbocycles. The molecule has 3 aromatic rings. The number of H-pyrrole nitrogens is 2. The molecule has 3 N–H and O–H groups in total. The number of aromatic nitrogens is 2. The first-order valence-electron chi connectivity index (χ1n) is 6.50. The molecule has 0 aliphatic carbocycles. The van der Waals surface area contributed by atoms with Gasteiger partial charge in [-0.1, -0.05) is 23.7 Å². The van der Waals surface area contributed by atoms with Crippen molar-refractivity contribution in [2.24, 2.45) is 0 Å². The molecule has 0 aliphatic heterocycles. The highest BCUT2D eigenvalue weighted by Crippen LogP contribution is 2.27. The van der Waals surface area contributed by atoms with Crippen molar-refractivity contribution < 1.29 is 0 Å². The van der Waals surface area contributed by atoms with Gasteiger partial charge in [0.1, 0.15) is 0 Å². The summed E-state index contributed by atoms with van der Waals surface area (Å²) in [5.41, 5.74) is 3.81. The molecule has 108 valence electrons. The van der Waals surface area contributed by atoms with E-state index in [4.69, 9.17) is 11.6 Å². The van der Waals surface area contributed by atoms with E-state index in [1.807, 2.05) is 30.3 Å². The largest absolute Gasteiger partial charge is 0.378 e. The lowest BCUT2D eigenvalue weighted by Crippen LogP contribution is -2.05. The number of rotatable bonds is 4. The van der Waals surface area contributed by atoms with E-state index >= 15 is 0 Å². The molecule has 1 aromatic carbocycles. The van der Waals surface area contributed by atoms with Crippen molar-refractivity contribution in [2.75, 3.05) is 5.32 Å². The first-order valence-corrected chi connectivity index (χ1v) is 7.76. The third-order valence-corrected chi connectivity index (χ3v) is 4.37. The molecule has 3 rings (SSSR count). The Bertz CT molecular complexity index is 788. The van der Waals surface area contributed by atoms with E-state index in [0.29, 0.717) is 0 Å². The fourth-order valence-corrected chi connectivity index (χ4v) is 3.10. The molecule has 4 nitrogen and oxygen atoms in total. The number of hydrogen-bond donors (Lipinski definition) is 3. The van der Waals surface area contributed by atoms with E-state index in [1.165, 1.54) is 16.9 Å². The normalized spacial score (nSPS) is 12.3. The summed E-state index contributed by atoms with van der Waals surface area (Å²) in [4.78, 5) is 11.1. The monoisotopic (exact) mass is 319 g/mol. The van der Waals surface area contributed by atoms with E-state index < -0.39 is 0 Å². The molecule has 1 unspecified atom stereocenters. The van der Waals surface area contributed by atoms with Gasteiger partial charge in [0.05, 0.1) is 10.0 Å². The maximum absolute atomic E-state index is 11.1. The highest BCUT2D eigenvalue weighted by molar-refractivity contribution is 7.14. The molecule has 0 bridgehead atoms. The molecule has 1 atom stereocenters. The Labute approximate surface area is 130 Å². The molecule has 2 aromatic heterocycles. The van der Waals surface area contributed by atoms with Gasteiger partial charge in [-0.15, -0.1) is 11.3 Å². The van der Waals surface area contributed by atoms with Crippen molar-refractivity contribution in [3.8, 4) is 11.3 Å². The molecule has 0 fully saturated rings. The summed E-state index contributed by atoms with van der Waals surface area (Å²) in [6.07, 6.45) is 0. The van der Waals surface area contributed by atoms with Crippen LogP contribution in [0, 0.1) is 0 Å². The minimum atomic E-state index is -0.129. The molecule has 2 heterocycles. The Morgan fingerprint density at radius 1 is 1.19 bits per heavy atom. The van der Waals surface area contributed by atoms with Crippen LogP contribution in [0.1, 0.15) is 18.5 Å². The SMILES string of the molecule is CC(Nc1ccc(-c2cc(=O)[nH][nH]2)cc1)c1csc(Cl)c1. The second-order valence-electron chi connectivity index (χ2n) is 4.80. The average Bonchev–Trinajstić information content (AvgIpc) is 3.08. The maximum atomic E-state index is 11.1. The van der Waals surface area contributed by atoms with Gasteiger partial charge in [-0.3, -0.25) is 15.0 Å². The van der Waals surface area contributed by atoms with Gasteiger partial charge in [-0.2, -0.15) is 0 Å². The van der Waals surface area contributed by atoms with Crippen LogP contribution in [0.25, 0.3) is 11.3 Å². The zero-order chi connectivity index (χ0) is 14.8. The van der Waals surface area contributed by atoms with Crippen LogP contribution >= 0.6 is 22.9 Å². The van der Waals surface area contributed by atoms with Gasteiger partial charge in [0.2, 0.25) is 0 Å². The summed E-state index contributed by atoms with van der Waals surface area (Å²) in [6.45, 7) is 2.09. The molecule has 6 heteroatoms. The zero-order valence-electron chi connectivity index (χ0n) is 11.3. The number of thiophene rings is 1. The van der Waals surface area contributed by atoms with Crippen molar-refractivity contribution in [3.05, 3.63) is 62.0 Å². The van der Waals surface area contributed by atoms with Gasteiger partial charge in [-0.25, -0.2) is 0 Å². The van der Waals surface area contributed by atoms with Crippen LogP contribution in [-0.2, 0) is 0 Å². The second kappa shape index (κ2) is 5.79. The molecule has 0 radical (unpaired) electrons. The topological polar surface area (TPSA) is 60.7 Å². The molecule has 0 amide bonds. The molecular weight excluding hydrogens is 306 g/mol. The van der Waals surface area contributed by atoms with Crippen LogP contribution in [0.2, 0.25) is 4.34 Å². The fraction of sp³-hybridized carbons (Fsp3) is 0.133. The number of nitrogens with one attached hydrogen (secondary N) is 3. The smallest absolute Gasteiger partial charge is 0.264 e. The number of benzene rings is 1. The summed E-state index contributed by atoms with van der Waals surface area (Å²) >= 11 is 7.49. The predicted molar refractivity (Wildman–Crippen MR) is 88.2 cm³/mol. The van der Waals surface area contributed by atoms with Crippen molar-refractivity contribution in [1.29, 1.82) is 0 Å². The highest BCUT2D eigenvalue weighted by Gasteiger charge is 2.08. The minimum Gasteiger partial charge on any atom is -0.378 e. The maximum Gasteiger partial charge on any atom is 0.264 e. The summed E-state index contributed by atoms with van der Waals surface area (Å²) in [6, 6.07) is 11.6. The second-order valence-corrected chi connectivity index (χ2v) is 6.34. The van der Waals surface area contributed by atoms with E-state index in [-0.39, 0.29) is 11.6 Å². The molecular formula is C15H14ClN3OS. The first kappa shape index (κ1) is 14.0. The Hall–Kier alpha value is -1.98. The van der Waals surface area contributed by atoms with Gasteiger partial charge in [-0.05, 0) is 41.6 Å². The van der Waals surface area contributed by atoms with E-state index in [2.05, 4.69) is 27.8 Å². The van der Waals surface area contributed by atoms with Crippen molar-refractivity contribution in [1.82, 2.24) is 10.2 Å². The van der Waals surface area contributed by atoms with Crippen LogP contribution in [0.3, 0.4) is 0 Å². The summed E-state index contributed by atoms with van der Waals surface area (Å²) < 4.78 is 0.797. The Morgan fingerprint density at radius 2 is 1.95 bits per heavy atom. The van der Waals surface area contributed by atoms with Gasteiger partial charge >= 0.3 is 0 Å². The molecule has 0 saturated heterocycles. The number of aromatic amines is 2. The van der Waals surface area contributed by atoms with Gasteiger partial charge < -0.3 is 5.32 Å². The third-order valence-electron chi connectivity index (χ3n) is 3.26. The number of anilines is 1. The quantitative estimate of drug-likeness (QED) is 0.673. The summed E-state index contributed by atoms with van der Waals surface area (Å²) in [5, 5.41) is 10.8. The fourth-order valence-electron chi connectivity index (χ4n) is 2.12. The number of halogens is 1. The first-order chi connectivity index (χ1) is 10.1. The van der Waals surface area contributed by atoms with Gasteiger partial charge in [0.15, 0.2) is 0 Å². The highest BCUT2D eigenvalue weighted by atomic mass is 35.5. The third kappa shape index (κ3) is 3.20. The summed E-state index contributed by atoms with van der Waals surface area (Å²) in [7, 11) is 0. The van der Waals surface area contributed by atoms with Crippen LogP contribution in [-0.4, -0.2) is 10.2 Å². The van der Waals surface area contributed by atoms with Crippen molar-refractivity contribution in [2.45, 2.75) is 13.0 Å². The van der Waals surface area contributed by atoms with Crippen molar-refractivity contribution in [3.63, 3.8) is 0 Å². The lowest BCUT2D eigenvalue weighted by Gasteiger charge is -2.14. The van der Waals surface area contributed by atoms with Crippen LogP contribution in [0.5, 0.6) is 0 Å². The number of hydrogen-bond acceptors (Lipinski definition) is 3. The lowest BCUT2D eigenvalue weighted by molar-refractivity contribution is 0.891. The van der Waals surface area contributed by atoms with E-state index in [0.717, 1.165) is 21.3 Å². The minimum absolute atomic E-state index is 0.129. The van der Waals surface area contributed by atoms with Crippen LogP contribution < -0.4 is 10.9 Å². The molecule has 0 aliphatic rings. The Morgan fingerprint density at radius 3 is 2.52 bits per heavy atom. The molecule has 0 spiro atoms. The van der Waals surface area contributed by atoms with Crippen molar-refractivity contribution >= 4 is 28.6 Å². The van der Waals surface area contributed by atoms with Crippen LogP contribution in [0.4, 0.5) is 5.69 Å². The van der Waals surface area contributed by atoms with Crippen LogP contribution in [0.15, 0.2) is 46.6 Å². The standard InChI is InChI=1S/C15H14ClN3OS/c1-9(11-6-14(16)21-8-11)17-12-4-2-10(3-5-12)13-7-15(20)19-18-13/h2-9,17H,1H3,(H2,18,19,20). The Kier molecular flexibility index (Phi) is 3.86. The molecule has 21 heavy (non-hydrogen) atoms.